The van der Waals surface area contributed by atoms with Gasteiger partial charge in [0, 0.05) is 0 Å². The van der Waals surface area contributed by atoms with Crippen molar-refractivity contribution in [2.45, 2.75) is 48.7 Å². The minimum Gasteiger partial charge on any atom is -0.394 e. The molecule has 0 unspecified atom stereocenters. The first kappa shape index (κ1) is 21.0. The van der Waals surface area contributed by atoms with Crippen LogP contribution in [0, 0.1) is 0 Å². The van der Waals surface area contributed by atoms with Gasteiger partial charge in [0.1, 0.15) is 36.6 Å². The normalized spacial score (nSPS) is 36.0. The molecule has 140 valence electrons. The largest absolute Gasteiger partial charge is 0.394 e. The summed E-state index contributed by atoms with van der Waals surface area (Å²) >= 11 is 0. The second kappa shape index (κ2) is 8.35. The summed E-state index contributed by atoms with van der Waals surface area (Å²) in [6.45, 7) is -2.02. The molecule has 8 atom stereocenters. The summed E-state index contributed by atoms with van der Waals surface area (Å²) in [7, 11) is 0. The molecule has 24 heavy (non-hydrogen) atoms. The van der Waals surface area contributed by atoms with Crippen LogP contribution in [0.2, 0.25) is 0 Å². The van der Waals surface area contributed by atoms with E-state index in [0.29, 0.717) is 0 Å². The summed E-state index contributed by atoms with van der Waals surface area (Å²) in [6, 6.07) is 0. The lowest BCUT2D eigenvalue weighted by Gasteiger charge is -2.43. The Morgan fingerprint density at radius 2 is 1.83 bits per heavy atom. The number of hydrogen-bond donors (Lipinski definition) is 8. The van der Waals surface area contributed by atoms with Crippen molar-refractivity contribution in [1.29, 1.82) is 0 Å². The van der Waals surface area contributed by atoms with Crippen molar-refractivity contribution >= 4 is 12.1 Å². The van der Waals surface area contributed by atoms with Gasteiger partial charge in [-0.15, -0.1) is 0 Å². The Balaban J connectivity index is 3.09. The smallest absolute Gasteiger partial charge is 0.316 e. The summed E-state index contributed by atoms with van der Waals surface area (Å²) in [5.74, 6) is -4.63. The van der Waals surface area contributed by atoms with E-state index in [4.69, 9.17) is 19.7 Å². The topological polar surface area (TPSA) is 214 Å². The quantitative estimate of drug-likeness (QED) is 0.151. The summed E-state index contributed by atoms with van der Waals surface area (Å²) < 4.78 is 9.44. The fourth-order valence-electron chi connectivity index (χ4n) is 2.05. The zero-order chi connectivity index (χ0) is 18.7. The number of rotatable bonds is 8. The Bertz CT molecular complexity index is 444. The van der Waals surface area contributed by atoms with Crippen molar-refractivity contribution < 1.29 is 59.9 Å². The van der Waals surface area contributed by atoms with Gasteiger partial charge in [0.15, 0.2) is 12.4 Å². The number of ketones is 1. The van der Waals surface area contributed by atoms with Gasteiger partial charge in [-0.1, -0.05) is 0 Å². The van der Waals surface area contributed by atoms with Gasteiger partial charge in [0.25, 0.3) is 0 Å². The predicted octanol–water partition coefficient (Wildman–Crippen LogP) is -6.03. The third-order valence-electron chi connectivity index (χ3n) is 3.46. The lowest BCUT2D eigenvalue weighted by atomic mass is 9.98. The van der Waals surface area contributed by atoms with Gasteiger partial charge in [-0.05, 0) is 0 Å². The van der Waals surface area contributed by atoms with Crippen LogP contribution in [0.3, 0.4) is 0 Å². The van der Waals surface area contributed by atoms with Crippen molar-refractivity contribution in [3.05, 3.63) is 0 Å². The molecule has 0 saturated carbocycles. The zero-order valence-electron chi connectivity index (χ0n) is 12.2. The van der Waals surface area contributed by atoms with E-state index in [-0.39, 0.29) is 6.29 Å². The van der Waals surface area contributed by atoms with E-state index in [1.807, 2.05) is 0 Å². The molecule has 0 aromatic heterocycles. The highest BCUT2D eigenvalue weighted by Crippen LogP contribution is 2.29. The zero-order valence-corrected chi connectivity index (χ0v) is 12.2. The molecule has 0 aliphatic carbocycles. The third kappa shape index (κ3) is 4.12. The van der Waals surface area contributed by atoms with Gasteiger partial charge in [0.2, 0.25) is 5.78 Å². The molecular weight excluding hydrogens is 336 g/mol. The average molecular weight is 356 g/mol. The first-order chi connectivity index (χ1) is 11.1. The number of carbonyl (C=O) groups is 2. The molecule has 0 amide bonds. The number of Topliss-reactive ketones (excluding diaryl/α,β-unsaturated/α-hetero) is 1. The Labute approximate surface area is 135 Å². The molecule has 1 fully saturated rings. The van der Waals surface area contributed by atoms with E-state index in [2.05, 4.69) is 0 Å². The summed E-state index contributed by atoms with van der Waals surface area (Å²) in [6.07, 6.45) is -14.7. The molecule has 1 saturated heterocycles. The molecule has 1 rings (SSSR count). The summed E-state index contributed by atoms with van der Waals surface area (Å²) in [5, 5.41) is 75.9. The average Bonchev–Trinajstić information content (AvgIpc) is 2.59. The minimum absolute atomic E-state index is 0.126. The van der Waals surface area contributed by atoms with Crippen LogP contribution in [0.1, 0.15) is 0 Å². The number of aliphatic hydroxyl groups is 8. The second-order valence-corrected chi connectivity index (χ2v) is 5.17. The highest BCUT2D eigenvalue weighted by atomic mass is 16.8. The second-order valence-electron chi connectivity index (χ2n) is 5.17. The van der Waals surface area contributed by atoms with Gasteiger partial charge in [-0.3, -0.25) is 4.79 Å². The van der Waals surface area contributed by atoms with Crippen molar-refractivity contribution in [3.8, 4) is 0 Å². The maximum absolute atomic E-state index is 11.7. The highest BCUT2D eigenvalue weighted by molar-refractivity contribution is 5.89. The maximum Gasteiger partial charge on any atom is 0.316 e. The van der Waals surface area contributed by atoms with Crippen LogP contribution >= 0.6 is 0 Å². The molecule has 0 aromatic rings. The van der Waals surface area contributed by atoms with E-state index in [0.717, 1.165) is 0 Å². The summed E-state index contributed by atoms with van der Waals surface area (Å²) in [4.78, 5) is 22.2. The fourth-order valence-corrected chi connectivity index (χ4v) is 2.05. The first-order valence-electron chi connectivity index (χ1n) is 6.82. The molecule has 8 N–H and O–H groups in total. The number of ether oxygens (including phenoxy) is 2. The Kier molecular flexibility index (Phi) is 7.30. The van der Waals surface area contributed by atoms with Crippen molar-refractivity contribution in [3.63, 3.8) is 0 Å². The monoisotopic (exact) mass is 356 g/mol. The van der Waals surface area contributed by atoms with E-state index < -0.39 is 67.7 Å². The molecule has 0 aromatic carbocycles. The minimum atomic E-state index is -3.24. The van der Waals surface area contributed by atoms with Crippen LogP contribution in [0.15, 0.2) is 0 Å². The maximum atomic E-state index is 11.7. The third-order valence-corrected chi connectivity index (χ3v) is 3.46. The van der Waals surface area contributed by atoms with Crippen molar-refractivity contribution in [2.24, 2.45) is 0 Å². The van der Waals surface area contributed by atoms with E-state index >= 15 is 0 Å². The molecule has 12 heteroatoms. The predicted molar refractivity (Wildman–Crippen MR) is 70.0 cm³/mol. The number of aldehydes is 1. The Morgan fingerprint density at radius 1 is 1.25 bits per heavy atom. The van der Waals surface area contributed by atoms with Crippen LogP contribution in [0.25, 0.3) is 0 Å². The molecule has 0 bridgehead atoms. The van der Waals surface area contributed by atoms with Gasteiger partial charge in [-0.25, -0.2) is 0 Å². The molecule has 0 spiro atoms. The molecule has 12 nitrogen and oxygen atoms in total. The molecule has 1 aliphatic heterocycles. The van der Waals surface area contributed by atoms with E-state index in [1.54, 1.807) is 0 Å². The van der Waals surface area contributed by atoms with E-state index in [1.165, 1.54) is 0 Å². The van der Waals surface area contributed by atoms with Gasteiger partial charge in [0.05, 0.1) is 13.2 Å². The van der Waals surface area contributed by atoms with Gasteiger partial charge >= 0.3 is 5.97 Å². The summed E-state index contributed by atoms with van der Waals surface area (Å²) in [5.41, 5.74) is 0. The lowest BCUT2D eigenvalue weighted by Crippen LogP contribution is -2.67. The first-order valence-corrected chi connectivity index (χ1v) is 6.82. The van der Waals surface area contributed by atoms with Gasteiger partial charge in [-0.2, -0.15) is 0 Å². The Hall–Kier alpha value is -1.06. The number of aliphatic hydroxyl groups excluding tert-OH is 7. The van der Waals surface area contributed by atoms with E-state index in [9.17, 15) is 40.2 Å². The van der Waals surface area contributed by atoms with Crippen LogP contribution in [0.5, 0.6) is 0 Å². The standard InChI is InChI=1S/C12H20O12/c13-1-4(16)7(18)10(5(17)2-14)24-12(22)11(21)9(20)8(19)6(3-15)23-12/h1,4-8,10-11,14-19,21-22H,2-3H2/t4-,5+,6+,7+,8-,10+,11+,12-/m0/s1. The van der Waals surface area contributed by atoms with Crippen molar-refractivity contribution in [1.82, 2.24) is 0 Å². The van der Waals surface area contributed by atoms with Crippen LogP contribution in [0.4, 0.5) is 0 Å². The lowest BCUT2D eigenvalue weighted by molar-refractivity contribution is -0.438. The molecule has 0 radical (unpaired) electrons. The highest BCUT2D eigenvalue weighted by Gasteiger charge is 2.56. The SMILES string of the molecule is O=C[C@H](O)[C@@H](O)[C@H](O[C@@]1(O)O[C@H](CO)[C@H](O)C(=O)[C@H]1O)[C@H](O)CO. The fraction of sp³-hybridized carbons (Fsp3) is 0.833. The molecular formula is C12H20O12. The van der Waals surface area contributed by atoms with Crippen LogP contribution in [-0.4, -0.2) is 115 Å². The number of hydrogen-bond acceptors (Lipinski definition) is 12. The molecule has 1 aliphatic rings. The van der Waals surface area contributed by atoms with Crippen LogP contribution < -0.4 is 0 Å². The van der Waals surface area contributed by atoms with Crippen LogP contribution in [-0.2, 0) is 19.1 Å². The molecule has 1 heterocycles. The Morgan fingerprint density at radius 3 is 2.29 bits per heavy atom. The number of carbonyl (C=O) groups excluding carboxylic acids is 2. The van der Waals surface area contributed by atoms with Crippen molar-refractivity contribution in [2.75, 3.05) is 13.2 Å². The van der Waals surface area contributed by atoms with Gasteiger partial charge < -0.3 is 55.1 Å².